The smallest absolute Gasteiger partial charge is 0.341 e. The molecular weight excluding hydrogens is 489 g/mol. The van der Waals surface area contributed by atoms with Gasteiger partial charge in [-0.15, -0.1) is 0 Å². The van der Waals surface area contributed by atoms with Crippen molar-refractivity contribution in [1.82, 2.24) is 14.9 Å². The molecule has 0 spiro atoms. The molecule has 36 heavy (non-hydrogen) atoms. The van der Waals surface area contributed by atoms with Gasteiger partial charge in [-0.3, -0.25) is 4.79 Å². The summed E-state index contributed by atoms with van der Waals surface area (Å²) >= 11 is 5.86. The van der Waals surface area contributed by atoms with E-state index in [1.54, 1.807) is 39.8 Å². The van der Waals surface area contributed by atoms with Crippen LogP contribution >= 0.6 is 11.6 Å². The Kier molecular flexibility index (Phi) is 6.36. The summed E-state index contributed by atoms with van der Waals surface area (Å²) < 4.78 is 16.9. The fraction of sp³-hybridized carbons (Fsp3) is 0.280. The van der Waals surface area contributed by atoms with Gasteiger partial charge in [0.15, 0.2) is 0 Å². The van der Waals surface area contributed by atoms with Crippen molar-refractivity contribution in [2.75, 3.05) is 31.1 Å². The van der Waals surface area contributed by atoms with Crippen LogP contribution in [0.15, 0.2) is 52.5 Å². The van der Waals surface area contributed by atoms with E-state index < -0.39 is 17.2 Å². The summed E-state index contributed by atoms with van der Waals surface area (Å²) in [6.07, 6.45) is 4.62. The molecule has 2 amide bonds. The predicted octanol–water partition coefficient (Wildman–Crippen LogP) is 3.69. The third kappa shape index (κ3) is 4.76. The lowest BCUT2D eigenvalue weighted by Crippen LogP contribution is -2.51. The van der Waals surface area contributed by atoms with E-state index in [4.69, 9.17) is 11.6 Å². The van der Waals surface area contributed by atoms with Gasteiger partial charge in [-0.1, -0.05) is 23.7 Å². The molecule has 3 aromatic rings. The van der Waals surface area contributed by atoms with E-state index in [-0.39, 0.29) is 23.0 Å². The van der Waals surface area contributed by atoms with E-state index in [9.17, 15) is 19.5 Å². The number of carbonyl (C=O) groups is 2. The number of carbonyl (C=O) groups excluding carboxylic acids is 1. The third-order valence-electron chi connectivity index (χ3n) is 6.42. The summed E-state index contributed by atoms with van der Waals surface area (Å²) in [6, 6.07) is 9.49. The summed E-state index contributed by atoms with van der Waals surface area (Å²) in [5, 5.41) is 14.0. The number of benzene rings is 2. The Morgan fingerprint density at radius 2 is 1.81 bits per heavy atom. The van der Waals surface area contributed by atoms with Crippen molar-refractivity contribution in [2.24, 2.45) is 5.10 Å². The van der Waals surface area contributed by atoms with Gasteiger partial charge in [-0.25, -0.2) is 19.4 Å². The summed E-state index contributed by atoms with van der Waals surface area (Å²) in [4.78, 5) is 40.1. The number of rotatable bonds is 5. The molecule has 186 valence electrons. The lowest BCUT2D eigenvalue weighted by Gasteiger charge is -2.36. The van der Waals surface area contributed by atoms with E-state index in [1.807, 2.05) is 4.90 Å². The van der Waals surface area contributed by atoms with Gasteiger partial charge in [0.25, 0.3) is 0 Å². The molecule has 1 aromatic heterocycles. The summed E-state index contributed by atoms with van der Waals surface area (Å²) in [5.41, 5.74) is 3.07. The average molecular weight is 512 g/mol. The molecule has 0 atom stereocenters. The van der Waals surface area contributed by atoms with Crippen molar-refractivity contribution in [3.63, 3.8) is 0 Å². The second-order valence-corrected chi connectivity index (χ2v) is 9.27. The number of carboxylic acid groups (broad SMARTS) is 1. The number of anilines is 1. The van der Waals surface area contributed by atoms with Crippen LogP contribution in [0, 0.1) is 5.82 Å². The van der Waals surface area contributed by atoms with Gasteiger partial charge < -0.3 is 19.5 Å². The monoisotopic (exact) mass is 511 g/mol. The lowest BCUT2D eigenvalue weighted by atomic mass is 10.1. The topological polar surface area (TPSA) is 107 Å². The SMILES string of the molecule is O=C(O)c1cn(C2CC2)c2cc(N3CCN(C(=O)N/N=C/c4ccc(Cl)cc4)CC3)c(F)cc2c1=O. The normalized spacial score (nSPS) is 16.1. The second-order valence-electron chi connectivity index (χ2n) is 8.84. The number of hydrogen-bond acceptors (Lipinski definition) is 5. The Bertz CT molecular complexity index is 1430. The first-order valence-corrected chi connectivity index (χ1v) is 11.9. The second kappa shape index (κ2) is 9.62. The molecule has 0 radical (unpaired) electrons. The van der Waals surface area contributed by atoms with Crippen LogP contribution in [0.4, 0.5) is 14.9 Å². The zero-order chi connectivity index (χ0) is 25.4. The van der Waals surface area contributed by atoms with E-state index in [2.05, 4.69) is 10.5 Å². The first-order chi connectivity index (χ1) is 17.3. The van der Waals surface area contributed by atoms with E-state index in [1.165, 1.54) is 12.4 Å². The number of urea groups is 1. The molecule has 1 saturated heterocycles. The maximum absolute atomic E-state index is 15.1. The van der Waals surface area contributed by atoms with E-state index in [0.717, 1.165) is 24.5 Å². The Morgan fingerprint density at radius 3 is 2.44 bits per heavy atom. The highest BCUT2D eigenvalue weighted by Crippen LogP contribution is 2.38. The first-order valence-electron chi connectivity index (χ1n) is 11.5. The quantitative estimate of drug-likeness (QED) is 0.401. The number of hydrazone groups is 1. The van der Waals surface area contributed by atoms with Crippen molar-refractivity contribution >= 4 is 46.4 Å². The van der Waals surface area contributed by atoms with Crippen LogP contribution in [0.25, 0.3) is 10.9 Å². The number of nitrogens with one attached hydrogen (secondary N) is 1. The molecule has 2 aromatic carbocycles. The number of fused-ring (bicyclic) bond motifs is 1. The van der Waals surface area contributed by atoms with Gasteiger partial charge in [-0.05, 0) is 42.7 Å². The third-order valence-corrected chi connectivity index (χ3v) is 6.67. The number of amides is 2. The molecule has 2 fully saturated rings. The van der Waals surface area contributed by atoms with E-state index >= 15 is 4.39 Å². The Morgan fingerprint density at radius 1 is 1.11 bits per heavy atom. The fourth-order valence-electron chi connectivity index (χ4n) is 4.34. The van der Waals surface area contributed by atoms with Crippen LogP contribution in [0.5, 0.6) is 0 Å². The summed E-state index contributed by atoms with van der Waals surface area (Å²) in [7, 11) is 0. The molecular formula is C25H23ClFN5O4. The number of halogens is 2. The van der Waals surface area contributed by atoms with Crippen LogP contribution in [-0.2, 0) is 0 Å². The Labute approximate surface area is 210 Å². The lowest BCUT2D eigenvalue weighted by molar-refractivity contribution is 0.0694. The number of hydrogen-bond donors (Lipinski definition) is 2. The van der Waals surface area contributed by atoms with Crippen LogP contribution in [0.2, 0.25) is 5.02 Å². The van der Waals surface area contributed by atoms with Crippen LogP contribution in [0.1, 0.15) is 34.8 Å². The number of piperazine rings is 1. The van der Waals surface area contributed by atoms with Gasteiger partial charge >= 0.3 is 12.0 Å². The number of pyridine rings is 1. The number of nitrogens with zero attached hydrogens (tertiary/aromatic N) is 4. The molecule has 0 unspecified atom stereocenters. The zero-order valence-corrected chi connectivity index (χ0v) is 19.9. The fourth-order valence-corrected chi connectivity index (χ4v) is 4.47. The molecule has 11 heteroatoms. The van der Waals surface area contributed by atoms with Gasteiger partial charge in [-0.2, -0.15) is 5.10 Å². The number of aromatic carboxylic acids is 1. The molecule has 2 heterocycles. The molecule has 2 aliphatic rings. The molecule has 2 N–H and O–H groups in total. The number of carboxylic acids is 1. The molecule has 1 saturated carbocycles. The molecule has 1 aliphatic carbocycles. The molecule has 5 rings (SSSR count). The number of aromatic nitrogens is 1. The molecule has 9 nitrogen and oxygen atoms in total. The van der Waals surface area contributed by atoms with Crippen molar-refractivity contribution in [3.05, 3.63) is 74.8 Å². The summed E-state index contributed by atoms with van der Waals surface area (Å²) in [6.45, 7) is 1.48. The minimum Gasteiger partial charge on any atom is -0.477 e. The van der Waals surface area contributed by atoms with Crippen molar-refractivity contribution in [3.8, 4) is 0 Å². The highest BCUT2D eigenvalue weighted by Gasteiger charge is 2.29. The van der Waals surface area contributed by atoms with Gasteiger partial charge in [0.1, 0.15) is 11.4 Å². The zero-order valence-electron chi connectivity index (χ0n) is 19.2. The van der Waals surface area contributed by atoms with Gasteiger partial charge in [0.05, 0.1) is 17.4 Å². The Balaban J connectivity index is 1.30. The van der Waals surface area contributed by atoms with Gasteiger partial charge in [0.2, 0.25) is 5.43 Å². The Hall–Kier alpha value is -3.92. The summed E-state index contributed by atoms with van der Waals surface area (Å²) in [5.74, 6) is -1.93. The van der Waals surface area contributed by atoms with Crippen molar-refractivity contribution in [2.45, 2.75) is 18.9 Å². The molecule has 0 bridgehead atoms. The highest BCUT2D eigenvalue weighted by molar-refractivity contribution is 6.30. The van der Waals surface area contributed by atoms with Crippen LogP contribution in [-0.4, -0.2) is 59.0 Å². The maximum atomic E-state index is 15.1. The van der Waals surface area contributed by atoms with E-state index in [0.29, 0.717) is 42.4 Å². The average Bonchev–Trinajstić information content (AvgIpc) is 3.71. The highest BCUT2D eigenvalue weighted by atomic mass is 35.5. The van der Waals surface area contributed by atoms with Gasteiger partial charge in [0, 0.05) is 48.8 Å². The van der Waals surface area contributed by atoms with Crippen LogP contribution < -0.4 is 15.8 Å². The minimum atomic E-state index is -1.33. The largest absolute Gasteiger partial charge is 0.477 e. The standard InChI is InChI=1S/C25H23ClFN5O4/c26-16-3-1-15(2-4-16)13-28-29-25(36)31-9-7-30(8-10-31)22-12-21-18(11-20(22)27)23(33)19(24(34)35)14-32(21)17-5-6-17/h1-4,11-14,17H,5-10H2,(H,29,36)(H,34,35)/b28-13+. The van der Waals surface area contributed by atoms with Crippen molar-refractivity contribution < 1.29 is 19.1 Å². The van der Waals surface area contributed by atoms with Crippen LogP contribution in [0.3, 0.4) is 0 Å². The molecule has 1 aliphatic heterocycles. The minimum absolute atomic E-state index is 0.0552. The maximum Gasteiger partial charge on any atom is 0.341 e. The van der Waals surface area contributed by atoms with Crippen molar-refractivity contribution in [1.29, 1.82) is 0 Å². The predicted molar refractivity (Wildman–Crippen MR) is 135 cm³/mol. The first kappa shape index (κ1) is 23.8.